The summed E-state index contributed by atoms with van der Waals surface area (Å²) in [5, 5.41) is 5.42. The van der Waals surface area contributed by atoms with Crippen LogP contribution in [0.25, 0.3) is 0 Å². The first-order chi connectivity index (χ1) is 10.1. The highest BCUT2D eigenvalue weighted by molar-refractivity contribution is 5.73. The smallest absolute Gasteiger partial charge is 0.315 e. The van der Waals surface area contributed by atoms with E-state index in [-0.39, 0.29) is 17.8 Å². The summed E-state index contributed by atoms with van der Waals surface area (Å²) in [6.45, 7) is 0.908. The van der Waals surface area contributed by atoms with E-state index in [0.717, 1.165) is 24.8 Å². The van der Waals surface area contributed by atoms with Gasteiger partial charge in [0.2, 0.25) is 0 Å². The third kappa shape index (κ3) is 7.91. The number of urea groups is 1. The molecule has 21 heavy (non-hydrogen) atoms. The first-order valence-electron chi connectivity index (χ1n) is 6.95. The molecule has 0 atom stereocenters. The maximum Gasteiger partial charge on any atom is 0.315 e. The summed E-state index contributed by atoms with van der Waals surface area (Å²) >= 11 is 0. The Morgan fingerprint density at radius 3 is 2.48 bits per heavy atom. The Labute approximate surface area is 123 Å². The fourth-order valence-corrected chi connectivity index (χ4v) is 1.72. The van der Waals surface area contributed by atoms with Crippen molar-refractivity contribution in [2.75, 3.05) is 13.7 Å². The largest absolute Gasteiger partial charge is 0.469 e. The van der Waals surface area contributed by atoms with Crippen molar-refractivity contribution in [3.8, 4) is 0 Å². The van der Waals surface area contributed by atoms with E-state index in [4.69, 9.17) is 0 Å². The molecule has 0 aromatic heterocycles. The molecule has 1 rings (SSSR count). The molecule has 0 heterocycles. The Kier molecular flexibility index (Phi) is 7.86. The minimum Gasteiger partial charge on any atom is -0.469 e. The first-order valence-corrected chi connectivity index (χ1v) is 6.95. The number of ether oxygens (including phenoxy) is 1. The minimum absolute atomic E-state index is 0.208. The molecule has 0 saturated heterocycles. The van der Waals surface area contributed by atoms with Crippen molar-refractivity contribution in [3.05, 3.63) is 35.6 Å². The van der Waals surface area contributed by atoms with Gasteiger partial charge in [-0.05, 0) is 30.5 Å². The molecule has 0 fully saturated rings. The molecule has 6 heteroatoms. The van der Waals surface area contributed by atoms with Gasteiger partial charge in [0.1, 0.15) is 5.82 Å². The van der Waals surface area contributed by atoms with Crippen LogP contribution in [0.2, 0.25) is 0 Å². The van der Waals surface area contributed by atoms with Crippen molar-refractivity contribution in [2.24, 2.45) is 0 Å². The van der Waals surface area contributed by atoms with Crippen molar-refractivity contribution in [3.63, 3.8) is 0 Å². The molecule has 2 amide bonds. The van der Waals surface area contributed by atoms with Crippen LogP contribution in [0, 0.1) is 5.82 Å². The average Bonchev–Trinajstić information content (AvgIpc) is 2.49. The van der Waals surface area contributed by atoms with Crippen LogP contribution in [0.5, 0.6) is 0 Å². The van der Waals surface area contributed by atoms with Gasteiger partial charge in [-0.2, -0.15) is 0 Å². The van der Waals surface area contributed by atoms with Gasteiger partial charge in [0.15, 0.2) is 0 Å². The summed E-state index contributed by atoms with van der Waals surface area (Å²) in [6.07, 6.45) is 2.83. The van der Waals surface area contributed by atoms with Crippen molar-refractivity contribution < 1.29 is 18.7 Å². The lowest BCUT2D eigenvalue weighted by Crippen LogP contribution is -2.35. The van der Waals surface area contributed by atoms with Gasteiger partial charge in [-0.1, -0.05) is 18.6 Å². The SMILES string of the molecule is COC(=O)CCCCCNC(=O)NCc1ccc(F)cc1. The predicted molar refractivity (Wildman–Crippen MR) is 77.1 cm³/mol. The van der Waals surface area contributed by atoms with Gasteiger partial charge in [0.05, 0.1) is 7.11 Å². The lowest BCUT2D eigenvalue weighted by atomic mass is 10.2. The normalized spacial score (nSPS) is 10.0. The van der Waals surface area contributed by atoms with Crippen LogP contribution >= 0.6 is 0 Å². The molecule has 1 aromatic rings. The second kappa shape index (κ2) is 9.74. The number of benzene rings is 1. The van der Waals surface area contributed by atoms with Crippen LogP contribution in [0.3, 0.4) is 0 Å². The van der Waals surface area contributed by atoms with E-state index in [0.29, 0.717) is 19.5 Å². The fourth-order valence-electron chi connectivity index (χ4n) is 1.72. The van der Waals surface area contributed by atoms with Gasteiger partial charge in [-0.3, -0.25) is 4.79 Å². The van der Waals surface area contributed by atoms with Crippen LogP contribution < -0.4 is 10.6 Å². The van der Waals surface area contributed by atoms with Crippen molar-refractivity contribution in [2.45, 2.75) is 32.2 Å². The monoisotopic (exact) mass is 296 g/mol. The number of hydrogen-bond acceptors (Lipinski definition) is 3. The number of amides is 2. The minimum atomic E-state index is -0.296. The number of carbonyl (C=O) groups excluding carboxylic acids is 2. The van der Waals surface area contributed by atoms with E-state index >= 15 is 0 Å². The Hall–Kier alpha value is -2.11. The summed E-state index contributed by atoms with van der Waals surface area (Å²) in [7, 11) is 1.37. The predicted octanol–water partition coefficient (Wildman–Crippen LogP) is 2.36. The molecule has 116 valence electrons. The molecule has 0 aliphatic carbocycles. The second-order valence-electron chi connectivity index (χ2n) is 4.62. The van der Waals surface area contributed by atoms with Crippen LogP contribution in [-0.2, 0) is 16.1 Å². The van der Waals surface area contributed by atoms with E-state index in [1.807, 2.05) is 0 Å². The molecule has 0 bridgehead atoms. The molecule has 5 nitrogen and oxygen atoms in total. The van der Waals surface area contributed by atoms with Crippen LogP contribution in [0.1, 0.15) is 31.2 Å². The van der Waals surface area contributed by atoms with Crippen LogP contribution in [0.15, 0.2) is 24.3 Å². The number of methoxy groups -OCH3 is 1. The summed E-state index contributed by atoms with van der Waals surface area (Å²) < 4.78 is 17.2. The van der Waals surface area contributed by atoms with Gasteiger partial charge in [-0.15, -0.1) is 0 Å². The summed E-state index contributed by atoms with van der Waals surface area (Å²) in [5.41, 5.74) is 0.838. The Morgan fingerprint density at radius 1 is 1.10 bits per heavy atom. The summed E-state index contributed by atoms with van der Waals surface area (Å²) in [5.74, 6) is -0.504. The van der Waals surface area contributed by atoms with Crippen molar-refractivity contribution in [1.29, 1.82) is 0 Å². The molecular formula is C15H21FN2O3. The Bertz CT molecular complexity index is 449. The van der Waals surface area contributed by atoms with Crippen LogP contribution in [0.4, 0.5) is 9.18 Å². The van der Waals surface area contributed by atoms with Gasteiger partial charge in [0, 0.05) is 19.5 Å². The Balaban J connectivity index is 2.04. The topological polar surface area (TPSA) is 67.4 Å². The lowest BCUT2D eigenvalue weighted by Gasteiger charge is -2.07. The van der Waals surface area contributed by atoms with E-state index in [9.17, 15) is 14.0 Å². The summed E-state index contributed by atoms with van der Waals surface area (Å²) in [6, 6.07) is 5.71. The molecular weight excluding hydrogens is 275 g/mol. The molecule has 0 aliphatic rings. The number of carbonyl (C=O) groups is 2. The Morgan fingerprint density at radius 2 is 1.81 bits per heavy atom. The average molecular weight is 296 g/mol. The second-order valence-corrected chi connectivity index (χ2v) is 4.62. The maximum atomic E-state index is 12.7. The molecule has 0 radical (unpaired) electrons. The summed E-state index contributed by atoms with van der Waals surface area (Å²) in [4.78, 5) is 22.4. The highest BCUT2D eigenvalue weighted by Gasteiger charge is 2.01. The molecule has 1 aromatic carbocycles. The van der Waals surface area contributed by atoms with E-state index in [1.165, 1.54) is 19.2 Å². The highest BCUT2D eigenvalue weighted by atomic mass is 19.1. The zero-order valence-electron chi connectivity index (χ0n) is 12.2. The van der Waals surface area contributed by atoms with Gasteiger partial charge < -0.3 is 15.4 Å². The van der Waals surface area contributed by atoms with Gasteiger partial charge in [0.25, 0.3) is 0 Å². The van der Waals surface area contributed by atoms with Crippen molar-refractivity contribution in [1.82, 2.24) is 10.6 Å². The standard InChI is InChI=1S/C15H21FN2O3/c1-21-14(19)5-3-2-4-10-17-15(20)18-11-12-6-8-13(16)9-7-12/h6-9H,2-5,10-11H2,1H3,(H2,17,18,20). The van der Waals surface area contributed by atoms with Gasteiger partial charge >= 0.3 is 12.0 Å². The number of nitrogens with one attached hydrogen (secondary N) is 2. The maximum absolute atomic E-state index is 12.7. The van der Waals surface area contributed by atoms with Gasteiger partial charge in [-0.25, -0.2) is 9.18 Å². The number of rotatable bonds is 8. The number of esters is 1. The number of halogens is 1. The quantitative estimate of drug-likeness (QED) is 0.571. The van der Waals surface area contributed by atoms with E-state index < -0.39 is 0 Å². The number of hydrogen-bond donors (Lipinski definition) is 2. The fraction of sp³-hybridized carbons (Fsp3) is 0.467. The first kappa shape index (κ1) is 16.9. The van der Waals surface area contributed by atoms with E-state index in [1.54, 1.807) is 12.1 Å². The molecule has 0 saturated carbocycles. The molecule has 2 N–H and O–H groups in total. The molecule has 0 unspecified atom stereocenters. The zero-order chi connectivity index (χ0) is 15.5. The highest BCUT2D eigenvalue weighted by Crippen LogP contribution is 2.02. The molecule has 0 spiro atoms. The lowest BCUT2D eigenvalue weighted by molar-refractivity contribution is -0.140. The zero-order valence-corrected chi connectivity index (χ0v) is 12.2. The molecule has 0 aliphatic heterocycles. The third-order valence-electron chi connectivity index (χ3n) is 2.94. The number of unbranched alkanes of at least 4 members (excludes halogenated alkanes) is 2. The van der Waals surface area contributed by atoms with Crippen molar-refractivity contribution >= 4 is 12.0 Å². The van der Waals surface area contributed by atoms with Crippen LogP contribution in [-0.4, -0.2) is 25.7 Å². The third-order valence-corrected chi connectivity index (χ3v) is 2.94. The van der Waals surface area contributed by atoms with E-state index in [2.05, 4.69) is 15.4 Å².